The van der Waals surface area contributed by atoms with E-state index in [9.17, 15) is 14.4 Å². The molecule has 5 aromatic carbocycles. The lowest BCUT2D eigenvalue weighted by Crippen LogP contribution is -2.30. The fourth-order valence-electron chi connectivity index (χ4n) is 5.04. The summed E-state index contributed by atoms with van der Waals surface area (Å²) in [5.74, 6) is -0.351. The molecule has 0 saturated carbocycles. The van der Waals surface area contributed by atoms with Crippen molar-refractivity contribution in [3.63, 3.8) is 0 Å². The largest absolute Gasteiger partial charge is 0.494 e. The van der Waals surface area contributed by atoms with Crippen LogP contribution >= 0.6 is 34.7 Å². The van der Waals surface area contributed by atoms with Crippen molar-refractivity contribution in [2.24, 2.45) is 0 Å². The molecule has 0 saturated heterocycles. The first-order valence-electron chi connectivity index (χ1n) is 16.3. The van der Waals surface area contributed by atoms with Crippen molar-refractivity contribution in [2.45, 2.75) is 17.1 Å². The Bertz CT molecular complexity index is 2160. The molecule has 3 amide bonds. The van der Waals surface area contributed by atoms with E-state index >= 15 is 0 Å². The van der Waals surface area contributed by atoms with Crippen LogP contribution < -0.4 is 20.7 Å². The highest BCUT2D eigenvalue weighted by molar-refractivity contribution is 8.00. The Hall–Kier alpha value is -5.68. The predicted octanol–water partition coefficient (Wildman–Crippen LogP) is 9.74. The highest BCUT2D eigenvalue weighted by Gasteiger charge is 2.24. The molecule has 6 rings (SSSR count). The van der Waals surface area contributed by atoms with Gasteiger partial charge in [0.25, 0.3) is 11.8 Å². The summed E-state index contributed by atoms with van der Waals surface area (Å²) in [7, 11) is 0. The second kappa shape index (κ2) is 17.5. The summed E-state index contributed by atoms with van der Waals surface area (Å²) in [5, 5.41) is 11.0. The number of thioether (sulfide) groups is 1. The molecule has 260 valence electrons. The fraction of sp³-hybridized carbons (Fsp3) is 0.0732. The van der Waals surface area contributed by atoms with Crippen LogP contribution in [0.15, 0.2) is 149 Å². The average molecular weight is 745 g/mol. The first kappa shape index (κ1) is 36.1. The second-order valence-corrected chi connectivity index (χ2v) is 13.8. The first-order chi connectivity index (χ1) is 25.3. The Balaban J connectivity index is 1.15. The van der Waals surface area contributed by atoms with Gasteiger partial charge in [0, 0.05) is 32.1 Å². The number of carbonyl (C=O) groups excluding carboxylic acids is 3. The van der Waals surface area contributed by atoms with Crippen LogP contribution in [0.1, 0.15) is 33.7 Å². The summed E-state index contributed by atoms with van der Waals surface area (Å²) in [5.41, 5.74) is 4.18. The lowest BCUT2D eigenvalue weighted by molar-refractivity contribution is -0.116. The van der Waals surface area contributed by atoms with Crippen LogP contribution in [0.5, 0.6) is 5.75 Å². The molecule has 1 atom stereocenters. The van der Waals surface area contributed by atoms with Gasteiger partial charge in [-0.1, -0.05) is 72.3 Å². The van der Waals surface area contributed by atoms with Gasteiger partial charge in [0.2, 0.25) is 5.91 Å². The van der Waals surface area contributed by atoms with Crippen molar-refractivity contribution in [1.82, 2.24) is 10.3 Å². The lowest BCUT2D eigenvalue weighted by atomic mass is 10.1. The summed E-state index contributed by atoms with van der Waals surface area (Å²) in [6.07, 6.45) is 1.59. The minimum Gasteiger partial charge on any atom is -0.494 e. The summed E-state index contributed by atoms with van der Waals surface area (Å²) in [4.78, 5) is 45.7. The summed E-state index contributed by atoms with van der Waals surface area (Å²) < 4.78 is 5.54. The number of benzene rings is 5. The number of rotatable bonds is 13. The first-order valence-corrected chi connectivity index (χ1v) is 18.4. The lowest BCUT2D eigenvalue weighted by Gasteiger charge is -2.17. The molecule has 11 heteroatoms. The number of anilines is 2. The second-order valence-electron chi connectivity index (χ2n) is 11.3. The highest BCUT2D eigenvalue weighted by atomic mass is 35.5. The molecule has 1 unspecified atom stereocenters. The van der Waals surface area contributed by atoms with E-state index in [1.54, 1.807) is 66.7 Å². The third-order valence-electron chi connectivity index (χ3n) is 7.61. The molecule has 0 fully saturated rings. The maximum Gasteiger partial charge on any atom is 0.272 e. The number of hydrogen-bond acceptors (Lipinski definition) is 7. The van der Waals surface area contributed by atoms with Crippen molar-refractivity contribution in [3.8, 4) is 17.0 Å². The zero-order valence-corrected chi connectivity index (χ0v) is 30.3. The van der Waals surface area contributed by atoms with Crippen LogP contribution in [-0.2, 0) is 9.59 Å². The number of carbonyl (C=O) groups is 3. The third kappa shape index (κ3) is 9.76. The Morgan fingerprint density at radius 2 is 1.50 bits per heavy atom. The van der Waals surface area contributed by atoms with E-state index in [1.165, 1.54) is 23.1 Å². The Kier molecular flexibility index (Phi) is 12.2. The van der Waals surface area contributed by atoms with E-state index in [2.05, 4.69) is 20.9 Å². The monoisotopic (exact) mass is 744 g/mol. The van der Waals surface area contributed by atoms with E-state index < -0.39 is 17.1 Å². The maximum atomic E-state index is 13.7. The predicted molar refractivity (Wildman–Crippen MR) is 211 cm³/mol. The van der Waals surface area contributed by atoms with Gasteiger partial charge in [0.1, 0.15) is 16.7 Å². The number of halogens is 1. The van der Waals surface area contributed by atoms with E-state index in [-0.39, 0.29) is 11.6 Å². The van der Waals surface area contributed by atoms with Crippen LogP contribution in [0.2, 0.25) is 5.02 Å². The molecule has 8 nitrogen and oxygen atoms in total. The van der Waals surface area contributed by atoms with Crippen LogP contribution in [0, 0.1) is 0 Å². The maximum absolute atomic E-state index is 13.7. The standard InChI is InChI=1S/C41H33ClN4O4S2/c1-2-50-33-21-15-28(16-22-33)36-26-51-41(45-36)46-40(49)37(29-9-5-3-6-10-29)52-34-23-19-32(20-24-34)43-39(48)35(25-27-13-17-31(42)18-14-27)44-38(47)30-11-7-4-8-12-30/h3-26,37H,2H2,1H3,(H,43,48)(H,44,47)(H,45,46,49)/b35-25-. The highest BCUT2D eigenvalue weighted by Crippen LogP contribution is 2.37. The summed E-state index contributed by atoms with van der Waals surface area (Å²) in [6, 6.07) is 40.0. The van der Waals surface area contributed by atoms with Crippen LogP contribution in [0.25, 0.3) is 17.3 Å². The van der Waals surface area contributed by atoms with E-state index in [4.69, 9.17) is 16.3 Å². The average Bonchev–Trinajstić information content (AvgIpc) is 3.64. The molecule has 0 aliphatic rings. The smallest absolute Gasteiger partial charge is 0.272 e. The number of thiazole rings is 1. The van der Waals surface area contributed by atoms with Gasteiger partial charge in [-0.15, -0.1) is 23.1 Å². The molecular weight excluding hydrogens is 712 g/mol. The topological polar surface area (TPSA) is 109 Å². The van der Waals surface area contributed by atoms with Gasteiger partial charge in [-0.3, -0.25) is 14.4 Å². The van der Waals surface area contributed by atoms with Crippen molar-refractivity contribution in [3.05, 3.63) is 166 Å². The van der Waals surface area contributed by atoms with Crippen molar-refractivity contribution >= 4 is 69.3 Å². The van der Waals surface area contributed by atoms with E-state index in [1.807, 2.05) is 85.1 Å². The Morgan fingerprint density at radius 3 is 2.17 bits per heavy atom. The number of hydrogen-bond donors (Lipinski definition) is 3. The van der Waals surface area contributed by atoms with Gasteiger partial charge >= 0.3 is 0 Å². The van der Waals surface area contributed by atoms with Gasteiger partial charge in [-0.2, -0.15) is 0 Å². The third-order valence-corrected chi connectivity index (χ3v) is 9.89. The molecule has 6 aromatic rings. The molecular formula is C41H33ClN4O4S2. The molecule has 1 heterocycles. The van der Waals surface area contributed by atoms with E-state index in [0.29, 0.717) is 33.6 Å². The van der Waals surface area contributed by atoms with Crippen LogP contribution in [0.4, 0.5) is 10.8 Å². The Morgan fingerprint density at radius 1 is 0.827 bits per heavy atom. The molecule has 0 aliphatic carbocycles. The van der Waals surface area contributed by atoms with Gasteiger partial charge in [0.05, 0.1) is 12.3 Å². The number of nitrogens with zero attached hydrogens (tertiary/aromatic N) is 1. The summed E-state index contributed by atoms with van der Waals surface area (Å²) in [6.45, 7) is 2.53. The minimum atomic E-state index is -0.582. The zero-order valence-electron chi connectivity index (χ0n) is 27.9. The molecule has 0 radical (unpaired) electrons. The zero-order chi connectivity index (χ0) is 36.3. The van der Waals surface area contributed by atoms with Gasteiger partial charge in [-0.05, 0) is 96.9 Å². The fourth-order valence-corrected chi connectivity index (χ4v) is 6.92. The van der Waals surface area contributed by atoms with Gasteiger partial charge in [-0.25, -0.2) is 4.98 Å². The summed E-state index contributed by atoms with van der Waals surface area (Å²) >= 11 is 8.79. The van der Waals surface area contributed by atoms with Crippen molar-refractivity contribution < 1.29 is 19.1 Å². The number of ether oxygens (including phenoxy) is 1. The molecule has 52 heavy (non-hydrogen) atoms. The van der Waals surface area contributed by atoms with Gasteiger partial charge in [0.15, 0.2) is 5.13 Å². The SMILES string of the molecule is CCOc1ccc(-c2csc(NC(=O)C(Sc3ccc(NC(=O)/C(=C/c4ccc(Cl)cc4)NC(=O)c4ccccc4)cc3)c3ccccc3)n2)cc1. The van der Waals surface area contributed by atoms with Crippen molar-refractivity contribution in [2.75, 3.05) is 17.2 Å². The number of aromatic nitrogens is 1. The normalized spacial score (nSPS) is 11.7. The molecule has 3 N–H and O–H groups in total. The number of nitrogens with one attached hydrogen (secondary N) is 3. The van der Waals surface area contributed by atoms with Gasteiger partial charge < -0.3 is 20.7 Å². The van der Waals surface area contributed by atoms with Crippen LogP contribution in [-0.4, -0.2) is 29.3 Å². The number of amides is 3. The van der Waals surface area contributed by atoms with E-state index in [0.717, 1.165) is 27.5 Å². The minimum absolute atomic E-state index is 0.0586. The molecule has 0 aliphatic heterocycles. The van der Waals surface area contributed by atoms with Crippen LogP contribution in [0.3, 0.4) is 0 Å². The Labute approximate surface area is 314 Å². The molecule has 1 aromatic heterocycles. The van der Waals surface area contributed by atoms with Crippen molar-refractivity contribution in [1.29, 1.82) is 0 Å². The quantitative estimate of drug-likeness (QED) is 0.0803. The molecule has 0 spiro atoms. The molecule has 0 bridgehead atoms.